The number of aromatic hydroxyl groups is 2. The third-order valence-electron chi connectivity index (χ3n) is 2.05. The number of hydrogen-bond donors (Lipinski definition) is 3. The van der Waals surface area contributed by atoms with Gasteiger partial charge in [0, 0.05) is 0 Å². The maximum absolute atomic E-state index is 10.4. The van der Waals surface area contributed by atoms with E-state index >= 15 is 0 Å². The molecule has 0 aliphatic rings. The average Bonchev–Trinajstić information content (AvgIpc) is 2.08. The molecule has 0 radical (unpaired) electrons. The first-order valence-corrected chi connectivity index (χ1v) is 4.24. The highest BCUT2D eigenvalue weighted by Crippen LogP contribution is 2.29. The van der Waals surface area contributed by atoms with Gasteiger partial charge in [0.1, 0.15) is 0 Å². The van der Waals surface area contributed by atoms with Crippen LogP contribution in [0.3, 0.4) is 0 Å². The monoisotopic (exact) mass is 196 g/mol. The molecule has 4 nitrogen and oxygen atoms in total. The van der Waals surface area contributed by atoms with E-state index in [2.05, 4.69) is 0 Å². The minimum absolute atomic E-state index is 0.00418. The van der Waals surface area contributed by atoms with Crippen LogP contribution in [0.1, 0.15) is 24.8 Å². The molecule has 0 amide bonds. The second kappa shape index (κ2) is 4.00. The molecule has 0 aliphatic carbocycles. The van der Waals surface area contributed by atoms with Gasteiger partial charge >= 0.3 is 5.97 Å². The molecule has 76 valence electrons. The highest BCUT2D eigenvalue weighted by atomic mass is 16.4. The summed E-state index contributed by atoms with van der Waals surface area (Å²) in [7, 11) is 0. The van der Waals surface area contributed by atoms with Crippen LogP contribution >= 0.6 is 0 Å². The van der Waals surface area contributed by atoms with Crippen molar-refractivity contribution >= 4 is 5.97 Å². The highest BCUT2D eigenvalue weighted by Gasteiger charge is 2.11. The van der Waals surface area contributed by atoms with Crippen molar-refractivity contribution in [2.75, 3.05) is 0 Å². The summed E-state index contributed by atoms with van der Waals surface area (Å²) in [5, 5.41) is 26.8. The van der Waals surface area contributed by atoms with Gasteiger partial charge in [-0.2, -0.15) is 0 Å². The summed E-state index contributed by atoms with van der Waals surface area (Å²) in [5.74, 6) is -1.49. The molecule has 0 aromatic heterocycles. The lowest BCUT2D eigenvalue weighted by molar-refractivity contribution is -0.137. The lowest BCUT2D eigenvalue weighted by Gasteiger charge is -2.09. The van der Waals surface area contributed by atoms with E-state index in [0.717, 1.165) is 0 Å². The van der Waals surface area contributed by atoms with Crippen molar-refractivity contribution in [3.05, 3.63) is 23.8 Å². The molecule has 0 spiro atoms. The Morgan fingerprint density at radius 3 is 2.50 bits per heavy atom. The van der Waals surface area contributed by atoms with Crippen LogP contribution in [-0.2, 0) is 4.79 Å². The molecule has 0 fully saturated rings. The van der Waals surface area contributed by atoms with Crippen LogP contribution in [0.4, 0.5) is 0 Å². The van der Waals surface area contributed by atoms with Gasteiger partial charge in [0.25, 0.3) is 0 Å². The Labute approximate surface area is 81.4 Å². The van der Waals surface area contributed by atoms with E-state index in [1.54, 1.807) is 13.0 Å². The van der Waals surface area contributed by atoms with Crippen molar-refractivity contribution in [2.45, 2.75) is 19.3 Å². The molecule has 0 aliphatic heterocycles. The summed E-state index contributed by atoms with van der Waals surface area (Å²) in [5.41, 5.74) is 0.697. The summed E-state index contributed by atoms with van der Waals surface area (Å²) in [6.45, 7) is 1.75. The normalized spacial score (nSPS) is 12.4. The van der Waals surface area contributed by atoms with E-state index in [1.165, 1.54) is 12.1 Å². The summed E-state index contributed by atoms with van der Waals surface area (Å²) in [6, 6.07) is 4.33. The second-order valence-electron chi connectivity index (χ2n) is 3.25. The SMILES string of the molecule is CC(CC(=O)O)c1ccc(O)c(O)c1. The lowest BCUT2D eigenvalue weighted by Crippen LogP contribution is -2.02. The van der Waals surface area contributed by atoms with E-state index in [-0.39, 0.29) is 23.8 Å². The van der Waals surface area contributed by atoms with Crippen LogP contribution < -0.4 is 0 Å². The average molecular weight is 196 g/mol. The van der Waals surface area contributed by atoms with Crippen LogP contribution in [0, 0.1) is 0 Å². The van der Waals surface area contributed by atoms with Gasteiger partial charge in [0.15, 0.2) is 11.5 Å². The van der Waals surface area contributed by atoms with Gasteiger partial charge in [-0.05, 0) is 23.6 Å². The Balaban J connectivity index is 2.85. The van der Waals surface area contributed by atoms with E-state index < -0.39 is 5.97 Å². The quantitative estimate of drug-likeness (QED) is 0.642. The van der Waals surface area contributed by atoms with Gasteiger partial charge < -0.3 is 15.3 Å². The zero-order valence-electron chi connectivity index (χ0n) is 7.77. The molecule has 0 heterocycles. The predicted molar refractivity (Wildman–Crippen MR) is 50.4 cm³/mol. The predicted octanol–water partition coefficient (Wildman–Crippen LogP) is 1.68. The van der Waals surface area contributed by atoms with E-state index in [0.29, 0.717) is 5.56 Å². The number of hydrogen-bond acceptors (Lipinski definition) is 3. The molecule has 0 bridgehead atoms. The summed E-state index contributed by atoms with van der Waals surface area (Å²) in [6.07, 6.45) is 0.00418. The minimum atomic E-state index is -0.884. The fourth-order valence-corrected chi connectivity index (χ4v) is 1.23. The molecule has 4 heteroatoms. The van der Waals surface area contributed by atoms with Crippen molar-refractivity contribution in [2.24, 2.45) is 0 Å². The molecule has 14 heavy (non-hydrogen) atoms. The van der Waals surface area contributed by atoms with Crippen LogP contribution in [0.25, 0.3) is 0 Å². The maximum atomic E-state index is 10.4. The molecule has 1 aromatic rings. The van der Waals surface area contributed by atoms with E-state index in [4.69, 9.17) is 10.2 Å². The zero-order chi connectivity index (χ0) is 10.7. The number of benzene rings is 1. The fourth-order valence-electron chi connectivity index (χ4n) is 1.23. The van der Waals surface area contributed by atoms with E-state index in [9.17, 15) is 9.90 Å². The van der Waals surface area contributed by atoms with Gasteiger partial charge in [-0.3, -0.25) is 4.79 Å². The third-order valence-corrected chi connectivity index (χ3v) is 2.05. The zero-order valence-corrected chi connectivity index (χ0v) is 7.77. The Morgan fingerprint density at radius 2 is 2.00 bits per heavy atom. The first kappa shape index (κ1) is 10.4. The molecule has 0 saturated carbocycles. The first-order chi connectivity index (χ1) is 6.50. The van der Waals surface area contributed by atoms with Gasteiger partial charge in [-0.15, -0.1) is 0 Å². The molecular formula is C10H12O4. The summed E-state index contributed by atoms with van der Waals surface area (Å²) in [4.78, 5) is 10.4. The molecule has 1 aromatic carbocycles. The molecule has 3 N–H and O–H groups in total. The molecular weight excluding hydrogens is 184 g/mol. The number of phenolic OH excluding ortho intramolecular Hbond substituents is 2. The largest absolute Gasteiger partial charge is 0.504 e. The third kappa shape index (κ3) is 2.39. The second-order valence-corrected chi connectivity index (χ2v) is 3.25. The number of carbonyl (C=O) groups is 1. The lowest BCUT2D eigenvalue weighted by atomic mass is 9.97. The van der Waals surface area contributed by atoms with Gasteiger partial charge in [-0.25, -0.2) is 0 Å². The summed E-state index contributed by atoms with van der Waals surface area (Å²) < 4.78 is 0. The van der Waals surface area contributed by atoms with Gasteiger partial charge in [0.2, 0.25) is 0 Å². The van der Waals surface area contributed by atoms with Crippen LogP contribution in [0.2, 0.25) is 0 Å². The molecule has 1 unspecified atom stereocenters. The van der Waals surface area contributed by atoms with Crippen molar-refractivity contribution < 1.29 is 20.1 Å². The van der Waals surface area contributed by atoms with Crippen molar-refractivity contribution in [3.8, 4) is 11.5 Å². The maximum Gasteiger partial charge on any atom is 0.303 e. The van der Waals surface area contributed by atoms with Crippen LogP contribution in [0.15, 0.2) is 18.2 Å². The van der Waals surface area contributed by atoms with Crippen molar-refractivity contribution in [1.82, 2.24) is 0 Å². The van der Waals surface area contributed by atoms with Crippen molar-refractivity contribution in [3.63, 3.8) is 0 Å². The summed E-state index contributed by atoms with van der Waals surface area (Å²) >= 11 is 0. The number of carboxylic acids is 1. The fraction of sp³-hybridized carbons (Fsp3) is 0.300. The van der Waals surface area contributed by atoms with Crippen LogP contribution in [-0.4, -0.2) is 21.3 Å². The Morgan fingerprint density at radius 1 is 1.36 bits per heavy atom. The topological polar surface area (TPSA) is 77.8 Å². The van der Waals surface area contributed by atoms with Crippen molar-refractivity contribution in [1.29, 1.82) is 0 Å². The minimum Gasteiger partial charge on any atom is -0.504 e. The molecule has 0 saturated heterocycles. The molecule has 1 atom stereocenters. The van der Waals surface area contributed by atoms with Gasteiger partial charge in [-0.1, -0.05) is 13.0 Å². The smallest absolute Gasteiger partial charge is 0.303 e. The number of phenols is 2. The van der Waals surface area contributed by atoms with Crippen LogP contribution in [0.5, 0.6) is 11.5 Å². The number of aliphatic carboxylic acids is 1. The highest BCUT2D eigenvalue weighted by molar-refractivity contribution is 5.68. The molecule has 1 rings (SSSR count). The Hall–Kier alpha value is -1.71. The number of rotatable bonds is 3. The van der Waals surface area contributed by atoms with Gasteiger partial charge in [0.05, 0.1) is 6.42 Å². The van der Waals surface area contributed by atoms with E-state index in [1.807, 2.05) is 0 Å². The Bertz CT molecular complexity index is 346. The first-order valence-electron chi connectivity index (χ1n) is 4.24. The number of carboxylic acid groups (broad SMARTS) is 1. The standard InChI is InChI=1S/C10H12O4/c1-6(4-10(13)14)7-2-3-8(11)9(12)5-7/h2-3,5-6,11-12H,4H2,1H3,(H,13,14). The Kier molecular flexibility index (Phi) is 2.96.